The first kappa shape index (κ1) is 36.5. The molecule has 0 aliphatic carbocycles. The van der Waals surface area contributed by atoms with Gasteiger partial charge >= 0.3 is 0 Å². The number of aromatic hydroxyl groups is 4. The first-order valence-electron chi connectivity index (χ1n) is 19.2. The Morgan fingerprint density at radius 3 is 0.737 bits per heavy atom. The minimum atomic E-state index is 0.179. The van der Waals surface area contributed by atoms with Crippen molar-refractivity contribution in [2.24, 2.45) is 0 Å². The molecule has 4 N–H and O–H groups in total. The fourth-order valence-corrected chi connectivity index (χ4v) is 8.80. The Morgan fingerprint density at radius 2 is 0.491 bits per heavy atom. The van der Waals surface area contributed by atoms with E-state index in [2.05, 4.69) is 15.9 Å². The van der Waals surface area contributed by atoms with Crippen LogP contribution in [0, 0.1) is 0 Å². The molecule has 0 unspecified atom stereocenters. The number of hydrogen-bond donors (Lipinski definition) is 4. The smallest absolute Gasteiger partial charge is 0.126 e. The van der Waals surface area contributed by atoms with Gasteiger partial charge in [0.15, 0.2) is 0 Å². The zero-order valence-corrected chi connectivity index (χ0v) is 32.9. The summed E-state index contributed by atoms with van der Waals surface area (Å²) in [5, 5.41) is 47.1. The predicted octanol–water partition coefficient (Wildman–Crippen LogP) is 10.6. The quantitative estimate of drug-likeness (QED) is 0.122. The summed E-state index contributed by atoms with van der Waals surface area (Å²) in [5.74, 6) is 2.07. The first-order valence-corrected chi connectivity index (χ1v) is 20.0. The number of benzene rings is 7. The summed E-state index contributed by atoms with van der Waals surface area (Å²) in [6.07, 6.45) is 2.24. The number of hydrogen-bond acceptors (Lipinski definition) is 6. The molecule has 7 aromatic carbocycles. The first-order chi connectivity index (χ1) is 27.8. The lowest BCUT2D eigenvalue weighted by Crippen LogP contribution is -2.08. The molecule has 0 radical (unpaired) electrons. The van der Waals surface area contributed by atoms with Crippen LogP contribution in [0.25, 0.3) is 0 Å². The maximum atomic E-state index is 11.8. The van der Waals surface area contributed by atoms with E-state index in [0.29, 0.717) is 72.3 Å². The molecular formula is C50H41BrO6. The molecular weight excluding hydrogens is 776 g/mol. The van der Waals surface area contributed by atoms with Gasteiger partial charge in [-0.25, -0.2) is 0 Å². The number of halogens is 1. The van der Waals surface area contributed by atoms with Crippen LogP contribution in [0.15, 0.2) is 132 Å². The van der Waals surface area contributed by atoms with Gasteiger partial charge in [0.05, 0.1) is 0 Å². The summed E-state index contributed by atoms with van der Waals surface area (Å²) < 4.78 is 14.5. The molecule has 2 aliphatic rings. The third-order valence-corrected chi connectivity index (χ3v) is 12.4. The zero-order chi connectivity index (χ0) is 39.0. The number of para-hydroxylation sites is 6. The van der Waals surface area contributed by atoms with Crippen molar-refractivity contribution < 1.29 is 29.9 Å². The van der Waals surface area contributed by atoms with Crippen LogP contribution in [-0.2, 0) is 51.7 Å². The maximum Gasteiger partial charge on any atom is 0.126 e. The summed E-state index contributed by atoms with van der Waals surface area (Å²) in [5.41, 5.74) is 11.2. The summed E-state index contributed by atoms with van der Waals surface area (Å²) in [4.78, 5) is 0. The van der Waals surface area contributed by atoms with Crippen LogP contribution in [-0.4, -0.2) is 20.4 Å². The van der Waals surface area contributed by atoms with Gasteiger partial charge in [-0.3, -0.25) is 0 Å². The monoisotopic (exact) mass is 816 g/mol. The number of phenols is 4. The van der Waals surface area contributed by atoms with Crippen LogP contribution in [0.4, 0.5) is 0 Å². The molecule has 0 fully saturated rings. The molecule has 57 heavy (non-hydrogen) atoms. The highest BCUT2D eigenvalue weighted by Gasteiger charge is 2.22. The average molecular weight is 818 g/mol. The van der Waals surface area contributed by atoms with Crippen molar-refractivity contribution in [3.05, 3.63) is 210 Å². The Hall–Kier alpha value is -6.18. The number of ether oxygens (including phenoxy) is 2. The summed E-state index contributed by atoms with van der Waals surface area (Å²) >= 11 is 3.89. The second-order valence-electron chi connectivity index (χ2n) is 15.0. The van der Waals surface area contributed by atoms with Crippen molar-refractivity contribution in [2.75, 3.05) is 0 Å². The second-order valence-corrected chi connectivity index (χ2v) is 15.8. The van der Waals surface area contributed by atoms with Gasteiger partial charge in [0.2, 0.25) is 0 Å². The van der Waals surface area contributed by atoms with Crippen molar-refractivity contribution >= 4 is 15.9 Å². The molecule has 7 aromatic rings. The SMILES string of the molecule is Oc1c2cccc1Cc1cccc3c1OCc1cccc(c1Br)COc1c(cccc1Cc1cccc(c1O)Cc1cccc(c1O)C3)Cc1cccc(c1O)C2. The van der Waals surface area contributed by atoms with Crippen LogP contribution in [0.2, 0.25) is 0 Å². The molecule has 12 bridgehead atoms. The van der Waals surface area contributed by atoms with Gasteiger partial charge in [-0.05, 0) is 82.7 Å². The fraction of sp³-hybridized carbons (Fsp3) is 0.160. The molecule has 0 saturated carbocycles. The van der Waals surface area contributed by atoms with E-state index in [-0.39, 0.29) is 36.2 Å². The lowest BCUT2D eigenvalue weighted by Gasteiger charge is -2.21. The molecule has 7 heteroatoms. The Bertz CT molecular complexity index is 2340. The Balaban J connectivity index is 1.30. The van der Waals surface area contributed by atoms with E-state index < -0.39 is 0 Å². The Kier molecular flexibility index (Phi) is 9.85. The van der Waals surface area contributed by atoms with Crippen molar-refractivity contribution in [1.29, 1.82) is 0 Å². The van der Waals surface area contributed by atoms with Crippen LogP contribution in [0.5, 0.6) is 34.5 Å². The maximum absolute atomic E-state index is 11.8. The highest BCUT2D eigenvalue weighted by Crippen LogP contribution is 2.40. The Morgan fingerprint density at radius 1 is 0.298 bits per heavy atom. The van der Waals surface area contributed by atoms with Gasteiger partial charge in [0.25, 0.3) is 0 Å². The van der Waals surface area contributed by atoms with Gasteiger partial charge < -0.3 is 29.9 Å². The summed E-state index contributed by atoms with van der Waals surface area (Å²) in [7, 11) is 0. The highest BCUT2D eigenvalue weighted by molar-refractivity contribution is 9.10. The van der Waals surface area contributed by atoms with Crippen molar-refractivity contribution in [3.8, 4) is 34.5 Å². The molecule has 0 amide bonds. The van der Waals surface area contributed by atoms with Crippen LogP contribution in [0.1, 0.15) is 77.9 Å². The van der Waals surface area contributed by atoms with Crippen LogP contribution in [0.3, 0.4) is 0 Å². The molecule has 0 saturated heterocycles. The van der Waals surface area contributed by atoms with Crippen LogP contribution >= 0.6 is 15.9 Å². The zero-order valence-electron chi connectivity index (χ0n) is 31.3. The van der Waals surface area contributed by atoms with Gasteiger partial charge in [-0.15, -0.1) is 0 Å². The summed E-state index contributed by atoms with van der Waals surface area (Å²) in [6.45, 7) is 0.528. The molecule has 9 rings (SSSR count). The third-order valence-electron chi connectivity index (χ3n) is 11.4. The molecule has 0 spiro atoms. The van der Waals surface area contributed by atoms with E-state index in [0.717, 1.165) is 60.1 Å². The minimum Gasteiger partial charge on any atom is -0.507 e. The lowest BCUT2D eigenvalue weighted by molar-refractivity contribution is 0.292. The standard InChI is InChI=1S/C50H41BrO6/c51-44-42-20-7-21-43(44)29-57-50-40-18-6-19-41(50)27-37-15-4-11-33(48(37)55)23-32-10-3-14-36(47(32)54)26-39-17-5-16-38(49(39)56-28-42)24-34-12-1-8-30(45(34)52)22-31-9-2-13-35(25-40)46(31)53/h1-21,52-55H,22-29H2. The van der Waals surface area contributed by atoms with Gasteiger partial charge in [-0.2, -0.15) is 0 Å². The largest absolute Gasteiger partial charge is 0.507 e. The average Bonchev–Trinajstić information content (AvgIpc) is 3.20. The van der Waals surface area contributed by atoms with E-state index in [1.54, 1.807) is 0 Å². The van der Waals surface area contributed by atoms with E-state index >= 15 is 0 Å². The molecule has 0 atom stereocenters. The Labute approximate surface area is 340 Å². The molecule has 2 heterocycles. The van der Waals surface area contributed by atoms with Crippen molar-refractivity contribution in [2.45, 2.75) is 51.7 Å². The van der Waals surface area contributed by atoms with E-state index in [4.69, 9.17) is 9.47 Å². The fourth-order valence-electron chi connectivity index (χ4n) is 8.31. The number of rotatable bonds is 0. The second kappa shape index (κ2) is 15.4. The highest BCUT2D eigenvalue weighted by atomic mass is 79.9. The third kappa shape index (κ3) is 7.20. The van der Waals surface area contributed by atoms with Gasteiger partial charge in [-0.1, -0.05) is 127 Å². The predicted molar refractivity (Wildman–Crippen MR) is 225 cm³/mol. The number of fused-ring (bicyclic) bond motifs is 10. The molecule has 0 aromatic heterocycles. The normalized spacial score (nSPS) is 13.7. The topological polar surface area (TPSA) is 99.4 Å². The van der Waals surface area contributed by atoms with Crippen LogP contribution < -0.4 is 9.47 Å². The van der Waals surface area contributed by atoms with E-state index in [9.17, 15) is 20.4 Å². The lowest BCUT2D eigenvalue weighted by atomic mass is 9.91. The number of phenolic OH excluding ortho intramolecular Hbond substituents is 4. The molecule has 284 valence electrons. The molecule has 6 nitrogen and oxygen atoms in total. The minimum absolute atomic E-state index is 0.179. The van der Waals surface area contributed by atoms with Gasteiger partial charge in [0, 0.05) is 54.1 Å². The van der Waals surface area contributed by atoms with E-state index in [1.165, 1.54) is 0 Å². The van der Waals surface area contributed by atoms with Gasteiger partial charge in [0.1, 0.15) is 47.7 Å². The van der Waals surface area contributed by atoms with E-state index in [1.807, 2.05) is 127 Å². The van der Waals surface area contributed by atoms with Crippen molar-refractivity contribution in [1.82, 2.24) is 0 Å². The van der Waals surface area contributed by atoms with Crippen molar-refractivity contribution in [3.63, 3.8) is 0 Å². The molecule has 2 aliphatic heterocycles. The summed E-state index contributed by atoms with van der Waals surface area (Å²) in [6, 6.07) is 41.2.